The zero-order valence-corrected chi connectivity index (χ0v) is 12.1. The molecule has 0 aliphatic rings. The van der Waals surface area contributed by atoms with Gasteiger partial charge in [-0.3, -0.25) is 18.7 Å². The van der Waals surface area contributed by atoms with Gasteiger partial charge < -0.3 is 0 Å². The Labute approximate surface area is 124 Å². The lowest BCUT2D eigenvalue weighted by Gasteiger charge is -2.11. The Morgan fingerprint density at radius 3 is 2.62 bits per heavy atom. The summed E-state index contributed by atoms with van der Waals surface area (Å²) in [6.45, 7) is 1.20. The first kappa shape index (κ1) is 15.2. The Balaban J connectivity index is 2.60. The van der Waals surface area contributed by atoms with Crippen LogP contribution in [0.2, 0.25) is 5.02 Å². The molecule has 0 saturated heterocycles. The van der Waals surface area contributed by atoms with Crippen molar-refractivity contribution in [2.75, 3.05) is 0 Å². The van der Waals surface area contributed by atoms with Crippen molar-refractivity contribution in [1.82, 2.24) is 9.13 Å². The monoisotopic (exact) mass is 310 g/mol. The van der Waals surface area contributed by atoms with Gasteiger partial charge in [-0.15, -0.1) is 0 Å². The highest BCUT2D eigenvalue weighted by atomic mass is 35.5. The fraction of sp³-hybridized carbons (Fsp3) is 0.214. The Morgan fingerprint density at radius 1 is 1.33 bits per heavy atom. The van der Waals surface area contributed by atoms with Gasteiger partial charge in [0, 0.05) is 13.2 Å². The van der Waals surface area contributed by atoms with Crippen molar-refractivity contribution in [1.29, 1.82) is 0 Å². The van der Waals surface area contributed by atoms with Gasteiger partial charge in [0.25, 0.3) is 5.56 Å². The molecule has 0 radical (unpaired) electrons. The van der Waals surface area contributed by atoms with E-state index in [1.54, 1.807) is 6.07 Å². The Hall–Kier alpha value is -2.21. The van der Waals surface area contributed by atoms with Crippen LogP contribution in [-0.2, 0) is 13.6 Å². The molecule has 1 aromatic heterocycles. The minimum atomic E-state index is -0.658. The van der Waals surface area contributed by atoms with Crippen molar-refractivity contribution in [3.05, 3.63) is 67.2 Å². The Morgan fingerprint density at radius 2 is 2.00 bits per heavy atom. The third-order valence-electron chi connectivity index (χ3n) is 3.10. The molecule has 21 heavy (non-hydrogen) atoms. The quantitative estimate of drug-likeness (QED) is 0.809. The van der Waals surface area contributed by atoms with Gasteiger partial charge in [0.1, 0.15) is 5.82 Å². The number of hydrogen-bond donors (Lipinski definition) is 0. The molecule has 0 fully saturated rings. The maximum Gasteiger partial charge on any atom is 0.331 e. The molecule has 5 nitrogen and oxygen atoms in total. The van der Waals surface area contributed by atoms with Crippen LogP contribution in [0.25, 0.3) is 0 Å². The number of benzene rings is 1. The van der Waals surface area contributed by atoms with E-state index in [1.807, 2.05) is 0 Å². The van der Waals surface area contributed by atoms with Crippen LogP contribution in [0, 0.1) is 5.82 Å². The maximum atomic E-state index is 13.4. The molecule has 2 aromatic rings. The summed E-state index contributed by atoms with van der Waals surface area (Å²) < 4.78 is 15.4. The van der Waals surface area contributed by atoms with E-state index in [9.17, 15) is 18.8 Å². The maximum absolute atomic E-state index is 13.4. The molecule has 0 saturated carbocycles. The van der Waals surface area contributed by atoms with Crippen molar-refractivity contribution in [2.24, 2.45) is 7.05 Å². The summed E-state index contributed by atoms with van der Waals surface area (Å²) >= 11 is 5.84. The van der Waals surface area contributed by atoms with Crippen LogP contribution >= 0.6 is 11.6 Å². The summed E-state index contributed by atoms with van der Waals surface area (Å²) in [6, 6.07) is 4.24. The second-order valence-electron chi connectivity index (χ2n) is 4.59. The van der Waals surface area contributed by atoms with Crippen molar-refractivity contribution in [3.63, 3.8) is 0 Å². The number of halogens is 2. The normalized spacial score (nSPS) is 10.7. The zero-order chi connectivity index (χ0) is 15.7. The number of carbonyl (C=O) groups is 1. The molecule has 1 aromatic carbocycles. The van der Waals surface area contributed by atoms with Gasteiger partial charge in [-0.2, -0.15) is 0 Å². The first-order valence-corrected chi connectivity index (χ1v) is 6.45. The molecule has 0 spiro atoms. The van der Waals surface area contributed by atoms with E-state index < -0.39 is 22.8 Å². The predicted molar refractivity (Wildman–Crippen MR) is 76.5 cm³/mol. The average Bonchev–Trinajstić information content (AvgIpc) is 2.43. The molecule has 2 rings (SSSR count). The number of carbonyl (C=O) groups excluding carboxylic acids is 1. The molecule has 0 unspecified atom stereocenters. The lowest BCUT2D eigenvalue weighted by atomic mass is 10.2. The third-order valence-corrected chi connectivity index (χ3v) is 3.53. The first-order chi connectivity index (χ1) is 9.82. The molecular formula is C14H12ClFN2O3. The fourth-order valence-corrected chi connectivity index (χ4v) is 2.12. The predicted octanol–water partition coefficient (Wildman–Crippen LogP) is 1.59. The number of nitrogens with zero attached hydrogens (tertiary/aromatic N) is 2. The highest BCUT2D eigenvalue weighted by molar-refractivity contribution is 6.31. The third kappa shape index (κ3) is 2.80. The van der Waals surface area contributed by atoms with E-state index >= 15 is 0 Å². The summed E-state index contributed by atoms with van der Waals surface area (Å²) in [5, 5.41) is -0.0948. The molecule has 110 valence electrons. The van der Waals surface area contributed by atoms with Crippen LogP contribution in [0.15, 0.2) is 34.0 Å². The van der Waals surface area contributed by atoms with Crippen LogP contribution in [0.3, 0.4) is 0 Å². The summed E-state index contributed by atoms with van der Waals surface area (Å²) in [5.74, 6) is -1.05. The van der Waals surface area contributed by atoms with Crippen molar-refractivity contribution >= 4 is 17.4 Å². The number of hydrogen-bond acceptors (Lipinski definition) is 3. The van der Waals surface area contributed by atoms with E-state index in [0.717, 1.165) is 9.13 Å². The molecular weight excluding hydrogens is 299 g/mol. The summed E-state index contributed by atoms with van der Waals surface area (Å²) in [6.07, 6.45) is 1.17. The van der Waals surface area contributed by atoms with Gasteiger partial charge in [-0.1, -0.05) is 23.7 Å². The number of ketones is 1. The summed E-state index contributed by atoms with van der Waals surface area (Å²) in [7, 11) is 1.28. The minimum Gasteiger partial charge on any atom is -0.295 e. The minimum absolute atomic E-state index is 0.0379. The van der Waals surface area contributed by atoms with E-state index in [2.05, 4.69) is 0 Å². The van der Waals surface area contributed by atoms with Gasteiger partial charge in [-0.25, -0.2) is 9.18 Å². The average molecular weight is 311 g/mol. The van der Waals surface area contributed by atoms with Gasteiger partial charge in [0.05, 0.1) is 17.1 Å². The number of aromatic nitrogens is 2. The summed E-state index contributed by atoms with van der Waals surface area (Å²) in [4.78, 5) is 35.3. The molecule has 1 heterocycles. The summed E-state index contributed by atoms with van der Waals surface area (Å²) in [5.41, 5.74) is -0.990. The molecule has 0 aliphatic heterocycles. The number of rotatable bonds is 3. The van der Waals surface area contributed by atoms with Gasteiger partial charge in [-0.05, 0) is 18.6 Å². The first-order valence-electron chi connectivity index (χ1n) is 6.07. The standard InChI is InChI=1S/C14H12ClFN2O3/c1-8(19)10-7-18(14(21)17(2)13(10)20)6-9-4-3-5-11(16)12(9)15/h3-5,7H,6H2,1-2H3. The van der Waals surface area contributed by atoms with Crippen LogP contribution in [0.5, 0.6) is 0 Å². The van der Waals surface area contributed by atoms with Gasteiger partial charge in [0.15, 0.2) is 5.78 Å². The molecule has 7 heteroatoms. The van der Waals surface area contributed by atoms with Crippen LogP contribution in [-0.4, -0.2) is 14.9 Å². The van der Waals surface area contributed by atoms with Crippen molar-refractivity contribution in [2.45, 2.75) is 13.5 Å². The Kier molecular flexibility index (Phi) is 4.09. The van der Waals surface area contributed by atoms with E-state index in [0.29, 0.717) is 5.56 Å². The SMILES string of the molecule is CC(=O)c1cn(Cc2cccc(F)c2Cl)c(=O)n(C)c1=O. The van der Waals surface area contributed by atoms with Crippen LogP contribution in [0.4, 0.5) is 4.39 Å². The highest BCUT2D eigenvalue weighted by Crippen LogP contribution is 2.20. The van der Waals surface area contributed by atoms with Crippen molar-refractivity contribution < 1.29 is 9.18 Å². The van der Waals surface area contributed by atoms with Crippen LogP contribution < -0.4 is 11.2 Å². The molecule has 0 aliphatic carbocycles. The largest absolute Gasteiger partial charge is 0.331 e. The highest BCUT2D eigenvalue weighted by Gasteiger charge is 2.14. The van der Waals surface area contributed by atoms with E-state index in [4.69, 9.17) is 11.6 Å². The zero-order valence-electron chi connectivity index (χ0n) is 11.4. The topological polar surface area (TPSA) is 61.1 Å². The van der Waals surface area contributed by atoms with Gasteiger partial charge in [0.2, 0.25) is 0 Å². The van der Waals surface area contributed by atoms with E-state index in [1.165, 1.54) is 32.3 Å². The lowest BCUT2D eigenvalue weighted by Crippen LogP contribution is -2.40. The lowest BCUT2D eigenvalue weighted by molar-refractivity contribution is 0.101. The molecule has 0 N–H and O–H groups in total. The van der Waals surface area contributed by atoms with Crippen molar-refractivity contribution in [3.8, 4) is 0 Å². The molecule has 0 bridgehead atoms. The smallest absolute Gasteiger partial charge is 0.295 e. The second-order valence-corrected chi connectivity index (χ2v) is 4.96. The van der Waals surface area contributed by atoms with Gasteiger partial charge >= 0.3 is 5.69 Å². The fourth-order valence-electron chi connectivity index (χ4n) is 1.94. The molecule has 0 atom stereocenters. The Bertz CT molecular complexity index is 839. The van der Waals surface area contributed by atoms with E-state index in [-0.39, 0.29) is 17.1 Å². The van der Waals surface area contributed by atoms with Crippen LogP contribution in [0.1, 0.15) is 22.8 Å². The number of Topliss-reactive ketones (excluding diaryl/α,β-unsaturated/α-hetero) is 1. The molecule has 0 amide bonds. The second kappa shape index (κ2) is 5.65.